The average molecular weight is 207 g/mol. The highest BCUT2D eigenvalue weighted by atomic mass is 16.1. The first-order valence-corrected chi connectivity index (χ1v) is 5.42. The standard InChI is InChI=1S/C11H17N3O/c1-7(2)11(15)12-10-6-9(8-4-5-8)13-14(10)3/h6-8H,4-5H2,1-3H3,(H,12,15). The van der Waals surface area contributed by atoms with Gasteiger partial charge in [-0.05, 0) is 12.8 Å². The maximum absolute atomic E-state index is 11.5. The van der Waals surface area contributed by atoms with Crippen LogP contribution in [-0.4, -0.2) is 15.7 Å². The van der Waals surface area contributed by atoms with E-state index in [0.29, 0.717) is 5.92 Å². The number of rotatable bonds is 3. The van der Waals surface area contributed by atoms with Crippen LogP contribution in [0.1, 0.15) is 38.3 Å². The van der Waals surface area contributed by atoms with E-state index in [1.807, 2.05) is 27.0 Å². The van der Waals surface area contributed by atoms with E-state index in [1.54, 1.807) is 4.68 Å². The molecule has 2 rings (SSSR count). The van der Waals surface area contributed by atoms with Gasteiger partial charge in [0.2, 0.25) is 5.91 Å². The zero-order chi connectivity index (χ0) is 11.0. The second-order valence-corrected chi connectivity index (χ2v) is 4.50. The minimum Gasteiger partial charge on any atom is -0.311 e. The smallest absolute Gasteiger partial charge is 0.228 e. The molecule has 0 unspecified atom stereocenters. The van der Waals surface area contributed by atoms with Crippen LogP contribution in [0.15, 0.2) is 6.07 Å². The monoisotopic (exact) mass is 207 g/mol. The molecule has 0 atom stereocenters. The van der Waals surface area contributed by atoms with Crippen molar-refractivity contribution in [3.05, 3.63) is 11.8 Å². The summed E-state index contributed by atoms with van der Waals surface area (Å²) in [7, 11) is 1.86. The Morgan fingerprint density at radius 1 is 1.60 bits per heavy atom. The van der Waals surface area contributed by atoms with Gasteiger partial charge in [0.15, 0.2) is 0 Å². The first-order valence-electron chi connectivity index (χ1n) is 5.42. The van der Waals surface area contributed by atoms with E-state index in [4.69, 9.17) is 0 Å². The van der Waals surface area contributed by atoms with E-state index in [2.05, 4.69) is 10.4 Å². The Labute approximate surface area is 89.7 Å². The molecule has 1 aromatic heterocycles. The Balaban J connectivity index is 2.10. The number of amides is 1. The zero-order valence-electron chi connectivity index (χ0n) is 9.45. The lowest BCUT2D eigenvalue weighted by molar-refractivity contribution is -0.118. The Hall–Kier alpha value is -1.32. The number of anilines is 1. The van der Waals surface area contributed by atoms with Gasteiger partial charge in [0, 0.05) is 24.9 Å². The molecule has 1 N–H and O–H groups in total. The fourth-order valence-electron chi connectivity index (χ4n) is 1.46. The highest BCUT2D eigenvalue weighted by Crippen LogP contribution is 2.39. The molecule has 0 radical (unpaired) electrons. The maximum atomic E-state index is 11.5. The predicted molar refractivity (Wildman–Crippen MR) is 58.7 cm³/mol. The van der Waals surface area contributed by atoms with Crippen LogP contribution in [0.3, 0.4) is 0 Å². The topological polar surface area (TPSA) is 46.9 Å². The van der Waals surface area contributed by atoms with Gasteiger partial charge >= 0.3 is 0 Å². The van der Waals surface area contributed by atoms with E-state index in [9.17, 15) is 4.79 Å². The van der Waals surface area contributed by atoms with Gasteiger partial charge in [0.05, 0.1) is 5.69 Å². The Morgan fingerprint density at radius 2 is 2.27 bits per heavy atom. The van der Waals surface area contributed by atoms with Crippen molar-refractivity contribution in [2.24, 2.45) is 13.0 Å². The molecule has 0 saturated heterocycles. The summed E-state index contributed by atoms with van der Waals surface area (Å²) in [6.07, 6.45) is 2.46. The average Bonchev–Trinajstić information content (AvgIpc) is 2.93. The number of carbonyl (C=O) groups excluding carboxylic acids is 1. The Bertz CT molecular complexity index is 377. The van der Waals surface area contributed by atoms with E-state index in [0.717, 1.165) is 11.5 Å². The fraction of sp³-hybridized carbons (Fsp3) is 0.636. The number of nitrogens with one attached hydrogen (secondary N) is 1. The van der Waals surface area contributed by atoms with Gasteiger partial charge < -0.3 is 5.32 Å². The molecule has 1 aliphatic rings. The van der Waals surface area contributed by atoms with Crippen molar-refractivity contribution < 1.29 is 4.79 Å². The predicted octanol–water partition coefficient (Wildman–Crippen LogP) is 1.89. The number of nitrogens with zero attached hydrogens (tertiary/aromatic N) is 2. The molecule has 1 aromatic rings. The molecular formula is C11H17N3O. The maximum Gasteiger partial charge on any atom is 0.228 e. The molecule has 0 spiro atoms. The number of aromatic nitrogens is 2. The lowest BCUT2D eigenvalue weighted by atomic mass is 10.2. The van der Waals surface area contributed by atoms with Crippen molar-refractivity contribution in [1.29, 1.82) is 0 Å². The first-order chi connectivity index (χ1) is 7.08. The summed E-state index contributed by atoms with van der Waals surface area (Å²) < 4.78 is 1.74. The molecule has 1 saturated carbocycles. The molecule has 4 heteroatoms. The van der Waals surface area contributed by atoms with Crippen LogP contribution in [0.4, 0.5) is 5.82 Å². The van der Waals surface area contributed by atoms with Crippen LogP contribution in [0.25, 0.3) is 0 Å². The molecule has 1 aliphatic carbocycles. The number of hydrogen-bond donors (Lipinski definition) is 1. The van der Waals surface area contributed by atoms with Crippen LogP contribution < -0.4 is 5.32 Å². The van der Waals surface area contributed by atoms with Crippen LogP contribution >= 0.6 is 0 Å². The van der Waals surface area contributed by atoms with Crippen LogP contribution in [0.5, 0.6) is 0 Å². The number of carbonyl (C=O) groups is 1. The van der Waals surface area contributed by atoms with Crippen molar-refractivity contribution in [2.45, 2.75) is 32.6 Å². The normalized spacial score (nSPS) is 15.7. The van der Waals surface area contributed by atoms with Gasteiger partial charge in [0.1, 0.15) is 5.82 Å². The summed E-state index contributed by atoms with van der Waals surface area (Å²) >= 11 is 0. The minimum absolute atomic E-state index is 0.00396. The highest BCUT2D eigenvalue weighted by molar-refractivity contribution is 5.91. The molecule has 1 fully saturated rings. The summed E-state index contributed by atoms with van der Waals surface area (Å²) in [6.45, 7) is 3.76. The van der Waals surface area contributed by atoms with Gasteiger partial charge in [-0.3, -0.25) is 9.48 Å². The van der Waals surface area contributed by atoms with Crippen molar-refractivity contribution >= 4 is 11.7 Å². The molecule has 4 nitrogen and oxygen atoms in total. The summed E-state index contributed by atoms with van der Waals surface area (Å²) in [5, 5.41) is 7.26. The summed E-state index contributed by atoms with van der Waals surface area (Å²) in [6, 6.07) is 1.98. The fourth-order valence-corrected chi connectivity index (χ4v) is 1.46. The van der Waals surface area contributed by atoms with Gasteiger partial charge in [-0.1, -0.05) is 13.8 Å². The second kappa shape index (κ2) is 3.68. The van der Waals surface area contributed by atoms with Crippen molar-refractivity contribution in [3.63, 3.8) is 0 Å². The van der Waals surface area contributed by atoms with Crippen LogP contribution in [0, 0.1) is 5.92 Å². The van der Waals surface area contributed by atoms with Gasteiger partial charge in [-0.25, -0.2) is 0 Å². The lowest BCUT2D eigenvalue weighted by Crippen LogP contribution is -2.19. The van der Waals surface area contributed by atoms with E-state index in [1.165, 1.54) is 12.8 Å². The largest absolute Gasteiger partial charge is 0.311 e. The molecule has 0 aromatic carbocycles. The number of aryl methyl sites for hydroxylation is 1. The van der Waals surface area contributed by atoms with E-state index >= 15 is 0 Å². The third-order valence-corrected chi connectivity index (χ3v) is 2.67. The van der Waals surface area contributed by atoms with Gasteiger partial charge in [0.25, 0.3) is 0 Å². The third-order valence-electron chi connectivity index (χ3n) is 2.67. The van der Waals surface area contributed by atoms with Crippen LogP contribution in [0.2, 0.25) is 0 Å². The lowest BCUT2D eigenvalue weighted by Gasteiger charge is -2.06. The summed E-state index contributed by atoms with van der Waals surface area (Å²) in [5.74, 6) is 1.47. The molecule has 1 amide bonds. The van der Waals surface area contributed by atoms with Gasteiger partial charge in [-0.2, -0.15) is 5.10 Å². The summed E-state index contributed by atoms with van der Waals surface area (Å²) in [4.78, 5) is 11.5. The molecule has 0 bridgehead atoms. The van der Waals surface area contributed by atoms with Crippen molar-refractivity contribution in [3.8, 4) is 0 Å². The van der Waals surface area contributed by atoms with Gasteiger partial charge in [-0.15, -0.1) is 0 Å². The van der Waals surface area contributed by atoms with E-state index in [-0.39, 0.29) is 11.8 Å². The van der Waals surface area contributed by atoms with Crippen LogP contribution in [-0.2, 0) is 11.8 Å². The van der Waals surface area contributed by atoms with Crippen molar-refractivity contribution in [1.82, 2.24) is 9.78 Å². The molecular weight excluding hydrogens is 190 g/mol. The molecule has 15 heavy (non-hydrogen) atoms. The summed E-state index contributed by atoms with van der Waals surface area (Å²) in [5.41, 5.74) is 1.11. The minimum atomic E-state index is 0.00396. The Morgan fingerprint density at radius 3 is 2.80 bits per heavy atom. The van der Waals surface area contributed by atoms with E-state index < -0.39 is 0 Å². The molecule has 1 heterocycles. The third kappa shape index (κ3) is 2.19. The SMILES string of the molecule is CC(C)C(=O)Nc1cc(C2CC2)nn1C. The molecule has 82 valence electrons. The zero-order valence-corrected chi connectivity index (χ0v) is 9.45. The Kier molecular flexibility index (Phi) is 2.50. The quantitative estimate of drug-likeness (QED) is 0.822. The highest BCUT2D eigenvalue weighted by Gasteiger charge is 2.27. The number of hydrogen-bond acceptors (Lipinski definition) is 2. The van der Waals surface area contributed by atoms with Crippen molar-refractivity contribution in [2.75, 3.05) is 5.32 Å². The second-order valence-electron chi connectivity index (χ2n) is 4.50. The molecule has 0 aliphatic heterocycles. The first kappa shape index (κ1) is 10.2.